The topological polar surface area (TPSA) is 65.5 Å². The van der Waals surface area contributed by atoms with Crippen LogP contribution in [0.1, 0.15) is 12.0 Å². The Hall–Kier alpha value is -1.95. The molecule has 1 aromatic heterocycles. The Morgan fingerprint density at radius 3 is 2.70 bits per heavy atom. The molecule has 0 aliphatic rings. The second kappa shape index (κ2) is 9.25. The van der Waals surface area contributed by atoms with E-state index in [1.165, 1.54) is 0 Å². The summed E-state index contributed by atoms with van der Waals surface area (Å²) in [5.41, 5.74) is 1.74. The molecule has 0 atom stereocenters. The molecule has 0 spiro atoms. The number of anilines is 1. The highest BCUT2D eigenvalue weighted by Crippen LogP contribution is 2.13. The summed E-state index contributed by atoms with van der Waals surface area (Å²) in [6, 6.07) is 10.8. The highest BCUT2D eigenvalue weighted by Gasteiger charge is 2.11. The van der Waals surface area contributed by atoms with Crippen molar-refractivity contribution < 1.29 is 9.90 Å². The van der Waals surface area contributed by atoms with Crippen LogP contribution in [0.5, 0.6) is 0 Å². The number of benzene rings is 1. The molecule has 0 saturated heterocycles. The van der Waals surface area contributed by atoms with Gasteiger partial charge in [0.25, 0.3) is 0 Å². The van der Waals surface area contributed by atoms with E-state index in [0.29, 0.717) is 30.2 Å². The molecule has 2 rings (SSSR count). The summed E-state index contributed by atoms with van der Waals surface area (Å²) in [6.45, 7) is 1.60. The van der Waals surface area contributed by atoms with Crippen molar-refractivity contribution in [3.8, 4) is 0 Å². The number of aliphatic hydroxyl groups is 1. The number of nitrogens with zero attached hydrogens (tertiary/aromatic N) is 2. The Morgan fingerprint density at radius 2 is 2.04 bits per heavy atom. The van der Waals surface area contributed by atoms with E-state index in [1.807, 2.05) is 17.0 Å². The van der Waals surface area contributed by atoms with Gasteiger partial charge in [-0.25, -0.2) is 0 Å². The minimum absolute atomic E-state index is 0.0995. The SMILES string of the molecule is O=C(CN(CCCO)Cc1cccnc1)Nc1ccc(Cl)cc1. The minimum Gasteiger partial charge on any atom is -0.396 e. The van der Waals surface area contributed by atoms with Crippen molar-refractivity contribution in [1.82, 2.24) is 9.88 Å². The van der Waals surface area contributed by atoms with Gasteiger partial charge in [0.2, 0.25) is 5.91 Å². The van der Waals surface area contributed by atoms with Crippen LogP contribution in [-0.2, 0) is 11.3 Å². The molecule has 122 valence electrons. The zero-order chi connectivity index (χ0) is 16.5. The van der Waals surface area contributed by atoms with Gasteiger partial charge in [-0.15, -0.1) is 0 Å². The molecular formula is C17H20ClN3O2. The first kappa shape index (κ1) is 17.4. The number of carbonyl (C=O) groups is 1. The maximum Gasteiger partial charge on any atom is 0.238 e. The lowest BCUT2D eigenvalue weighted by atomic mass is 10.2. The number of pyridine rings is 1. The van der Waals surface area contributed by atoms with E-state index in [4.69, 9.17) is 16.7 Å². The molecule has 23 heavy (non-hydrogen) atoms. The molecule has 6 heteroatoms. The highest BCUT2D eigenvalue weighted by atomic mass is 35.5. The third kappa shape index (κ3) is 6.36. The van der Waals surface area contributed by atoms with Crippen LogP contribution in [0.2, 0.25) is 5.02 Å². The first-order valence-electron chi connectivity index (χ1n) is 7.45. The number of aliphatic hydroxyl groups excluding tert-OH is 1. The van der Waals surface area contributed by atoms with Crippen LogP contribution in [0.25, 0.3) is 0 Å². The molecule has 0 radical (unpaired) electrons. The Bertz CT molecular complexity index is 605. The molecule has 2 aromatic rings. The molecule has 0 unspecified atom stereocenters. The van der Waals surface area contributed by atoms with Gasteiger partial charge in [0.05, 0.1) is 6.54 Å². The standard InChI is InChI=1S/C17H20ClN3O2/c18-15-4-6-16(7-5-15)20-17(23)13-21(9-2-10-22)12-14-3-1-8-19-11-14/h1,3-8,11,22H,2,9-10,12-13H2,(H,20,23). The van der Waals surface area contributed by atoms with Crippen LogP contribution in [0.15, 0.2) is 48.8 Å². The van der Waals surface area contributed by atoms with Gasteiger partial charge in [-0.1, -0.05) is 17.7 Å². The molecule has 5 nitrogen and oxygen atoms in total. The van der Waals surface area contributed by atoms with E-state index in [0.717, 1.165) is 5.56 Å². The number of carbonyl (C=O) groups excluding carboxylic acids is 1. The van der Waals surface area contributed by atoms with Crippen molar-refractivity contribution >= 4 is 23.2 Å². The van der Waals surface area contributed by atoms with Crippen molar-refractivity contribution in [1.29, 1.82) is 0 Å². The smallest absolute Gasteiger partial charge is 0.238 e. The summed E-state index contributed by atoms with van der Waals surface area (Å²) < 4.78 is 0. The largest absolute Gasteiger partial charge is 0.396 e. The lowest BCUT2D eigenvalue weighted by Crippen LogP contribution is -2.34. The molecule has 0 aliphatic heterocycles. The number of aromatic nitrogens is 1. The predicted octanol–water partition coefficient (Wildman–Crippen LogP) is 2.56. The van der Waals surface area contributed by atoms with E-state index in [2.05, 4.69) is 10.3 Å². The first-order valence-corrected chi connectivity index (χ1v) is 7.82. The second-order valence-electron chi connectivity index (χ2n) is 5.20. The van der Waals surface area contributed by atoms with Crippen molar-refractivity contribution in [2.24, 2.45) is 0 Å². The van der Waals surface area contributed by atoms with E-state index < -0.39 is 0 Å². The zero-order valence-electron chi connectivity index (χ0n) is 12.8. The number of halogens is 1. The Balaban J connectivity index is 1.93. The quantitative estimate of drug-likeness (QED) is 0.779. The summed E-state index contributed by atoms with van der Waals surface area (Å²) in [4.78, 5) is 18.3. The maximum absolute atomic E-state index is 12.2. The van der Waals surface area contributed by atoms with E-state index in [-0.39, 0.29) is 19.1 Å². The summed E-state index contributed by atoms with van der Waals surface area (Å²) in [7, 11) is 0. The summed E-state index contributed by atoms with van der Waals surface area (Å²) >= 11 is 5.83. The third-order valence-electron chi connectivity index (χ3n) is 3.26. The number of hydrogen-bond acceptors (Lipinski definition) is 4. The second-order valence-corrected chi connectivity index (χ2v) is 5.64. The van der Waals surface area contributed by atoms with Crippen LogP contribution < -0.4 is 5.32 Å². The van der Waals surface area contributed by atoms with E-state index in [9.17, 15) is 4.79 Å². The molecule has 1 amide bonds. The summed E-state index contributed by atoms with van der Waals surface area (Å²) in [5.74, 6) is -0.103. The minimum atomic E-state index is -0.103. The molecular weight excluding hydrogens is 314 g/mol. The molecule has 0 saturated carbocycles. The Morgan fingerprint density at radius 1 is 1.26 bits per heavy atom. The van der Waals surface area contributed by atoms with Crippen LogP contribution in [0.4, 0.5) is 5.69 Å². The Labute approximate surface area is 140 Å². The van der Waals surface area contributed by atoms with Crippen LogP contribution >= 0.6 is 11.6 Å². The molecule has 2 N–H and O–H groups in total. The fraction of sp³-hybridized carbons (Fsp3) is 0.294. The van der Waals surface area contributed by atoms with Gasteiger partial charge in [0, 0.05) is 42.8 Å². The first-order chi connectivity index (χ1) is 11.2. The monoisotopic (exact) mass is 333 g/mol. The number of amides is 1. The van der Waals surface area contributed by atoms with Gasteiger partial charge in [-0.3, -0.25) is 14.7 Å². The predicted molar refractivity (Wildman–Crippen MR) is 91.3 cm³/mol. The Kier molecular flexibility index (Phi) is 7.00. The van der Waals surface area contributed by atoms with Crippen molar-refractivity contribution in [2.45, 2.75) is 13.0 Å². The average Bonchev–Trinajstić information content (AvgIpc) is 2.55. The van der Waals surface area contributed by atoms with Gasteiger partial charge in [-0.2, -0.15) is 0 Å². The number of rotatable bonds is 8. The summed E-state index contributed by atoms with van der Waals surface area (Å²) in [5, 5.41) is 12.5. The fourth-order valence-corrected chi connectivity index (χ4v) is 2.32. The third-order valence-corrected chi connectivity index (χ3v) is 3.51. The number of nitrogens with one attached hydrogen (secondary N) is 1. The normalized spacial score (nSPS) is 10.7. The maximum atomic E-state index is 12.2. The molecule has 1 aromatic carbocycles. The van der Waals surface area contributed by atoms with Gasteiger partial charge < -0.3 is 10.4 Å². The van der Waals surface area contributed by atoms with E-state index >= 15 is 0 Å². The van der Waals surface area contributed by atoms with Gasteiger partial charge >= 0.3 is 0 Å². The van der Waals surface area contributed by atoms with Crippen LogP contribution in [0, 0.1) is 0 Å². The molecule has 0 fully saturated rings. The van der Waals surface area contributed by atoms with Crippen molar-refractivity contribution in [2.75, 3.05) is 25.0 Å². The lowest BCUT2D eigenvalue weighted by Gasteiger charge is -2.21. The van der Waals surface area contributed by atoms with Crippen molar-refractivity contribution in [3.05, 3.63) is 59.4 Å². The molecule has 0 bridgehead atoms. The van der Waals surface area contributed by atoms with Crippen molar-refractivity contribution in [3.63, 3.8) is 0 Å². The van der Waals surface area contributed by atoms with Gasteiger partial charge in [0.1, 0.15) is 0 Å². The van der Waals surface area contributed by atoms with E-state index in [1.54, 1.807) is 36.7 Å². The average molecular weight is 334 g/mol. The molecule has 0 aliphatic carbocycles. The fourth-order valence-electron chi connectivity index (χ4n) is 2.20. The lowest BCUT2D eigenvalue weighted by molar-refractivity contribution is -0.117. The zero-order valence-corrected chi connectivity index (χ0v) is 13.5. The van der Waals surface area contributed by atoms with Gasteiger partial charge in [-0.05, 0) is 42.3 Å². The highest BCUT2D eigenvalue weighted by molar-refractivity contribution is 6.30. The van der Waals surface area contributed by atoms with Crippen LogP contribution in [-0.4, -0.2) is 40.6 Å². The van der Waals surface area contributed by atoms with Crippen LogP contribution in [0.3, 0.4) is 0 Å². The van der Waals surface area contributed by atoms with Gasteiger partial charge in [0.15, 0.2) is 0 Å². The molecule has 1 heterocycles. The summed E-state index contributed by atoms with van der Waals surface area (Å²) in [6.07, 6.45) is 4.12. The number of hydrogen-bond donors (Lipinski definition) is 2.